The van der Waals surface area contributed by atoms with Crippen LogP contribution in [0.4, 0.5) is 0 Å². The molecule has 0 bridgehead atoms. The highest BCUT2D eigenvalue weighted by Crippen LogP contribution is 2.24. The first-order valence-corrected chi connectivity index (χ1v) is 7.40. The Hall–Kier alpha value is -2.33. The van der Waals surface area contributed by atoms with Crippen LogP contribution in [0, 0.1) is 6.92 Å². The fraction of sp³-hybridized carbons (Fsp3) is 0.0588. The molecule has 0 saturated heterocycles. The summed E-state index contributed by atoms with van der Waals surface area (Å²) < 4.78 is 5.20. The van der Waals surface area contributed by atoms with Crippen molar-refractivity contribution in [3.05, 3.63) is 76.8 Å². The Labute approximate surface area is 127 Å². The SMILES string of the molecule is Cc1ccc(SC=C2N=C(c3ccccc3)OC2=O)cc1. The summed E-state index contributed by atoms with van der Waals surface area (Å²) in [4.78, 5) is 17.1. The highest BCUT2D eigenvalue weighted by atomic mass is 32.2. The van der Waals surface area contributed by atoms with E-state index in [1.807, 2.05) is 61.5 Å². The van der Waals surface area contributed by atoms with Gasteiger partial charge in [-0.25, -0.2) is 9.79 Å². The fourth-order valence-electron chi connectivity index (χ4n) is 1.84. The van der Waals surface area contributed by atoms with Crippen molar-refractivity contribution in [1.29, 1.82) is 0 Å². The molecule has 0 aromatic heterocycles. The standard InChI is InChI=1S/C17H13NO2S/c1-12-7-9-14(10-8-12)21-11-15-17(19)20-16(18-15)13-5-3-2-4-6-13/h2-11H,1H3. The average Bonchev–Trinajstić information content (AvgIpc) is 2.89. The van der Waals surface area contributed by atoms with Crippen LogP contribution in [0.3, 0.4) is 0 Å². The fourth-order valence-corrected chi connectivity index (χ4v) is 2.53. The molecule has 1 heterocycles. The van der Waals surface area contributed by atoms with E-state index in [0.717, 1.165) is 10.5 Å². The average molecular weight is 295 g/mol. The molecular weight excluding hydrogens is 282 g/mol. The van der Waals surface area contributed by atoms with Crippen molar-refractivity contribution in [2.45, 2.75) is 11.8 Å². The number of hydrogen-bond donors (Lipinski definition) is 0. The number of esters is 1. The zero-order valence-corrected chi connectivity index (χ0v) is 12.3. The molecule has 0 unspecified atom stereocenters. The number of carbonyl (C=O) groups excluding carboxylic acids is 1. The van der Waals surface area contributed by atoms with Gasteiger partial charge in [0, 0.05) is 15.9 Å². The van der Waals surface area contributed by atoms with Gasteiger partial charge in [-0.3, -0.25) is 0 Å². The summed E-state index contributed by atoms with van der Waals surface area (Å²) in [5.74, 6) is -0.0511. The molecule has 0 fully saturated rings. The third-order valence-corrected chi connectivity index (χ3v) is 3.85. The van der Waals surface area contributed by atoms with Gasteiger partial charge in [0.05, 0.1) is 0 Å². The van der Waals surface area contributed by atoms with E-state index < -0.39 is 5.97 Å². The van der Waals surface area contributed by atoms with E-state index in [0.29, 0.717) is 11.6 Å². The van der Waals surface area contributed by atoms with Crippen molar-refractivity contribution in [2.24, 2.45) is 4.99 Å². The Morgan fingerprint density at radius 1 is 1.05 bits per heavy atom. The number of ether oxygens (including phenoxy) is 1. The number of aryl methyl sites for hydroxylation is 1. The van der Waals surface area contributed by atoms with Crippen LogP contribution in [0.1, 0.15) is 11.1 Å². The largest absolute Gasteiger partial charge is 0.402 e. The summed E-state index contributed by atoms with van der Waals surface area (Å²) in [5, 5.41) is 1.73. The van der Waals surface area contributed by atoms with Crippen LogP contribution in [0.25, 0.3) is 0 Å². The molecule has 0 aliphatic carbocycles. The number of rotatable bonds is 3. The number of cyclic esters (lactones) is 1. The van der Waals surface area contributed by atoms with Gasteiger partial charge in [-0.15, -0.1) is 0 Å². The van der Waals surface area contributed by atoms with Gasteiger partial charge in [-0.1, -0.05) is 47.7 Å². The second kappa shape index (κ2) is 5.97. The van der Waals surface area contributed by atoms with Crippen LogP contribution < -0.4 is 0 Å². The predicted molar refractivity (Wildman–Crippen MR) is 84.2 cm³/mol. The molecular formula is C17H13NO2S. The molecule has 104 valence electrons. The summed E-state index contributed by atoms with van der Waals surface area (Å²) in [5.41, 5.74) is 2.34. The van der Waals surface area contributed by atoms with E-state index in [9.17, 15) is 4.79 Å². The Bertz CT molecular complexity index is 718. The molecule has 3 rings (SSSR count). The number of thioether (sulfide) groups is 1. The molecule has 2 aromatic carbocycles. The maximum absolute atomic E-state index is 11.8. The molecule has 0 atom stereocenters. The van der Waals surface area contributed by atoms with Crippen molar-refractivity contribution in [2.75, 3.05) is 0 Å². The molecule has 0 amide bonds. The van der Waals surface area contributed by atoms with Crippen LogP contribution in [0.5, 0.6) is 0 Å². The normalized spacial score (nSPS) is 16.0. The summed E-state index contributed by atoms with van der Waals surface area (Å²) in [6.45, 7) is 2.04. The first kappa shape index (κ1) is 13.6. The van der Waals surface area contributed by atoms with E-state index in [1.165, 1.54) is 17.3 Å². The third kappa shape index (κ3) is 3.23. The number of aliphatic imine (C=N–C) groups is 1. The van der Waals surface area contributed by atoms with E-state index in [4.69, 9.17) is 4.74 Å². The van der Waals surface area contributed by atoms with E-state index >= 15 is 0 Å². The number of nitrogens with zero attached hydrogens (tertiary/aromatic N) is 1. The lowest BCUT2D eigenvalue weighted by atomic mass is 10.2. The molecule has 4 heteroatoms. The molecule has 0 spiro atoms. The predicted octanol–water partition coefficient (Wildman–Crippen LogP) is 3.93. The molecule has 3 nitrogen and oxygen atoms in total. The van der Waals surface area contributed by atoms with Crippen LogP contribution >= 0.6 is 11.8 Å². The molecule has 0 saturated carbocycles. The number of carbonyl (C=O) groups is 1. The van der Waals surface area contributed by atoms with Crippen LogP contribution in [-0.2, 0) is 9.53 Å². The van der Waals surface area contributed by atoms with Gasteiger partial charge in [-0.2, -0.15) is 0 Å². The third-order valence-electron chi connectivity index (χ3n) is 2.97. The summed E-state index contributed by atoms with van der Waals surface area (Å²) in [7, 11) is 0. The number of benzene rings is 2. The van der Waals surface area contributed by atoms with Gasteiger partial charge in [0.1, 0.15) is 0 Å². The van der Waals surface area contributed by atoms with Crippen molar-refractivity contribution in [3.8, 4) is 0 Å². The summed E-state index contributed by atoms with van der Waals surface area (Å²) >= 11 is 1.46. The van der Waals surface area contributed by atoms with E-state index in [1.54, 1.807) is 5.41 Å². The lowest BCUT2D eigenvalue weighted by Crippen LogP contribution is -2.04. The first-order chi connectivity index (χ1) is 10.2. The molecule has 0 radical (unpaired) electrons. The minimum absolute atomic E-state index is 0.333. The van der Waals surface area contributed by atoms with Crippen molar-refractivity contribution < 1.29 is 9.53 Å². The van der Waals surface area contributed by atoms with Crippen molar-refractivity contribution in [3.63, 3.8) is 0 Å². The van der Waals surface area contributed by atoms with Crippen molar-refractivity contribution in [1.82, 2.24) is 0 Å². The Kier molecular flexibility index (Phi) is 3.88. The topological polar surface area (TPSA) is 38.7 Å². The van der Waals surface area contributed by atoms with Gasteiger partial charge in [0.2, 0.25) is 5.90 Å². The minimum atomic E-state index is -0.409. The van der Waals surface area contributed by atoms with Crippen LogP contribution in [-0.4, -0.2) is 11.9 Å². The molecule has 1 aliphatic rings. The first-order valence-electron chi connectivity index (χ1n) is 6.52. The van der Waals surface area contributed by atoms with Gasteiger partial charge in [0.25, 0.3) is 0 Å². The highest BCUT2D eigenvalue weighted by molar-refractivity contribution is 8.02. The van der Waals surface area contributed by atoms with Crippen molar-refractivity contribution >= 4 is 23.6 Å². The van der Waals surface area contributed by atoms with E-state index in [2.05, 4.69) is 4.99 Å². The van der Waals surface area contributed by atoms with Gasteiger partial charge in [0.15, 0.2) is 5.70 Å². The highest BCUT2D eigenvalue weighted by Gasteiger charge is 2.23. The lowest BCUT2D eigenvalue weighted by molar-refractivity contribution is -0.130. The zero-order valence-electron chi connectivity index (χ0n) is 11.4. The Balaban J connectivity index is 1.79. The van der Waals surface area contributed by atoms with Crippen LogP contribution in [0.2, 0.25) is 0 Å². The second-order valence-corrected chi connectivity index (χ2v) is 5.55. The Morgan fingerprint density at radius 3 is 2.48 bits per heavy atom. The maximum atomic E-state index is 11.8. The zero-order chi connectivity index (χ0) is 14.7. The maximum Gasteiger partial charge on any atom is 0.364 e. The summed E-state index contributed by atoms with van der Waals surface area (Å²) in [6.07, 6.45) is 0. The Morgan fingerprint density at radius 2 is 1.76 bits per heavy atom. The van der Waals surface area contributed by atoms with E-state index in [-0.39, 0.29) is 0 Å². The minimum Gasteiger partial charge on any atom is -0.402 e. The van der Waals surface area contributed by atoms with Crippen LogP contribution in [0.15, 0.2) is 75.6 Å². The molecule has 2 aromatic rings. The van der Waals surface area contributed by atoms with Gasteiger partial charge >= 0.3 is 5.97 Å². The van der Waals surface area contributed by atoms with Gasteiger partial charge < -0.3 is 4.74 Å². The molecule has 0 N–H and O–H groups in total. The summed E-state index contributed by atoms with van der Waals surface area (Å²) in [6, 6.07) is 17.5. The second-order valence-electron chi connectivity index (χ2n) is 4.61. The van der Waals surface area contributed by atoms with Gasteiger partial charge in [-0.05, 0) is 31.2 Å². The molecule has 21 heavy (non-hydrogen) atoms. The smallest absolute Gasteiger partial charge is 0.364 e. The monoisotopic (exact) mass is 295 g/mol. The lowest BCUT2D eigenvalue weighted by Gasteiger charge is -1.97. The number of hydrogen-bond acceptors (Lipinski definition) is 4. The molecule has 1 aliphatic heterocycles. The quantitative estimate of drug-likeness (QED) is 0.489.